The van der Waals surface area contributed by atoms with E-state index in [0.717, 1.165) is 31.4 Å². The molecule has 0 bridgehead atoms. The Hall–Kier alpha value is -2.28. The van der Waals surface area contributed by atoms with Gasteiger partial charge < -0.3 is 19.1 Å². The Kier molecular flexibility index (Phi) is 7.33. The molecule has 2 fully saturated rings. The first-order valence-electron chi connectivity index (χ1n) is 11.2. The van der Waals surface area contributed by atoms with E-state index in [1.54, 1.807) is 6.20 Å². The molecule has 2 aliphatic rings. The summed E-state index contributed by atoms with van der Waals surface area (Å²) in [4.78, 5) is 18.9. The molecule has 1 atom stereocenters. The molecule has 0 radical (unpaired) electrons. The summed E-state index contributed by atoms with van der Waals surface area (Å²) in [6, 6.07) is 13.9. The maximum atomic E-state index is 12.8. The van der Waals surface area contributed by atoms with Crippen molar-refractivity contribution in [1.82, 2.24) is 9.88 Å². The van der Waals surface area contributed by atoms with E-state index in [1.807, 2.05) is 42.2 Å². The summed E-state index contributed by atoms with van der Waals surface area (Å²) < 4.78 is 18.1. The Balaban J connectivity index is 1.19. The van der Waals surface area contributed by atoms with E-state index in [1.165, 1.54) is 5.56 Å². The summed E-state index contributed by atoms with van der Waals surface area (Å²) in [6.45, 7) is 5.85. The SMILES string of the molecule is Cc1ccc(C(=O)N2CCC3(CC2)CC(OCCOCc2ccccc2)CCO3)cn1. The van der Waals surface area contributed by atoms with Crippen LogP contribution in [0.4, 0.5) is 0 Å². The highest BCUT2D eigenvalue weighted by molar-refractivity contribution is 5.94. The van der Waals surface area contributed by atoms with Crippen molar-refractivity contribution in [2.45, 2.75) is 50.9 Å². The van der Waals surface area contributed by atoms with Crippen LogP contribution >= 0.6 is 0 Å². The largest absolute Gasteiger partial charge is 0.376 e. The molecule has 1 aromatic heterocycles. The zero-order chi connectivity index (χ0) is 21.5. The number of piperidine rings is 1. The minimum absolute atomic E-state index is 0.0570. The molecule has 2 aromatic rings. The van der Waals surface area contributed by atoms with Gasteiger partial charge in [-0.2, -0.15) is 0 Å². The third kappa shape index (κ3) is 5.91. The molecule has 6 heteroatoms. The standard InChI is InChI=1S/C25H32N2O4/c1-20-7-8-22(18-26-20)24(28)27-12-10-25(11-13-27)17-23(9-14-31-25)30-16-15-29-19-21-5-3-2-4-6-21/h2-8,18,23H,9-17,19H2,1H3. The topological polar surface area (TPSA) is 60.9 Å². The van der Waals surface area contributed by atoms with Gasteiger partial charge in [-0.25, -0.2) is 0 Å². The maximum Gasteiger partial charge on any atom is 0.255 e. The molecule has 31 heavy (non-hydrogen) atoms. The van der Waals surface area contributed by atoms with Crippen LogP contribution in [0, 0.1) is 6.92 Å². The molecule has 0 N–H and O–H groups in total. The molecule has 2 saturated heterocycles. The third-order valence-corrected chi connectivity index (χ3v) is 6.26. The lowest BCUT2D eigenvalue weighted by molar-refractivity contribution is -0.155. The number of carbonyl (C=O) groups is 1. The quantitative estimate of drug-likeness (QED) is 0.633. The number of rotatable bonds is 7. The Morgan fingerprint density at radius 2 is 1.97 bits per heavy atom. The number of hydrogen-bond acceptors (Lipinski definition) is 5. The first-order chi connectivity index (χ1) is 15.1. The maximum absolute atomic E-state index is 12.8. The smallest absolute Gasteiger partial charge is 0.255 e. The predicted molar refractivity (Wildman–Crippen MR) is 118 cm³/mol. The molecule has 4 rings (SSSR count). The second-order valence-corrected chi connectivity index (χ2v) is 8.54. The van der Waals surface area contributed by atoms with Crippen molar-refractivity contribution < 1.29 is 19.0 Å². The monoisotopic (exact) mass is 424 g/mol. The van der Waals surface area contributed by atoms with E-state index in [4.69, 9.17) is 14.2 Å². The number of carbonyl (C=O) groups excluding carboxylic acids is 1. The summed E-state index contributed by atoms with van der Waals surface area (Å²) in [7, 11) is 0. The molecule has 1 unspecified atom stereocenters. The van der Waals surface area contributed by atoms with Crippen LogP contribution in [-0.2, 0) is 20.8 Å². The van der Waals surface area contributed by atoms with Crippen molar-refractivity contribution in [3.8, 4) is 0 Å². The van der Waals surface area contributed by atoms with Gasteiger partial charge in [-0.05, 0) is 43.9 Å². The Morgan fingerprint density at radius 3 is 2.71 bits per heavy atom. The number of likely N-dealkylation sites (tertiary alicyclic amines) is 1. The molecule has 166 valence electrons. The lowest BCUT2D eigenvalue weighted by atomic mass is 9.83. The number of nitrogens with zero attached hydrogens (tertiary/aromatic N) is 2. The van der Waals surface area contributed by atoms with Crippen LogP contribution in [0.2, 0.25) is 0 Å². The Bertz CT molecular complexity index is 832. The van der Waals surface area contributed by atoms with Gasteiger partial charge in [-0.1, -0.05) is 30.3 Å². The number of ether oxygens (including phenoxy) is 3. The summed E-state index contributed by atoms with van der Waals surface area (Å²) in [5, 5.41) is 0. The van der Waals surface area contributed by atoms with Crippen molar-refractivity contribution >= 4 is 5.91 Å². The van der Waals surface area contributed by atoms with Gasteiger partial charge in [0, 0.05) is 38.0 Å². The first-order valence-corrected chi connectivity index (χ1v) is 11.2. The van der Waals surface area contributed by atoms with Crippen molar-refractivity contribution in [1.29, 1.82) is 0 Å². The van der Waals surface area contributed by atoms with E-state index < -0.39 is 0 Å². The number of benzene rings is 1. The van der Waals surface area contributed by atoms with Gasteiger partial charge in [0.15, 0.2) is 0 Å². The average Bonchev–Trinajstić information content (AvgIpc) is 2.80. The van der Waals surface area contributed by atoms with Crippen molar-refractivity contribution in [2.24, 2.45) is 0 Å². The molecular formula is C25H32N2O4. The van der Waals surface area contributed by atoms with Gasteiger partial charge in [0.2, 0.25) is 0 Å². The minimum atomic E-state index is -0.171. The molecular weight excluding hydrogens is 392 g/mol. The van der Waals surface area contributed by atoms with Gasteiger partial charge in [0.1, 0.15) is 0 Å². The lowest BCUT2D eigenvalue weighted by Crippen LogP contribution is -2.52. The van der Waals surface area contributed by atoms with Crippen molar-refractivity contribution in [3.05, 3.63) is 65.5 Å². The number of aromatic nitrogens is 1. The highest BCUT2D eigenvalue weighted by Crippen LogP contribution is 2.36. The zero-order valence-corrected chi connectivity index (χ0v) is 18.3. The molecule has 2 aliphatic heterocycles. The molecule has 0 saturated carbocycles. The lowest BCUT2D eigenvalue weighted by Gasteiger charge is -2.46. The number of aryl methyl sites for hydroxylation is 1. The van der Waals surface area contributed by atoms with E-state index >= 15 is 0 Å². The van der Waals surface area contributed by atoms with Gasteiger partial charge in [-0.3, -0.25) is 9.78 Å². The summed E-state index contributed by atoms with van der Waals surface area (Å²) in [6.07, 6.45) is 5.36. The van der Waals surface area contributed by atoms with Gasteiger partial charge in [0.25, 0.3) is 5.91 Å². The fourth-order valence-corrected chi connectivity index (χ4v) is 4.41. The van der Waals surface area contributed by atoms with Gasteiger partial charge in [-0.15, -0.1) is 0 Å². The van der Waals surface area contributed by atoms with Crippen LogP contribution in [-0.4, -0.2) is 60.4 Å². The fourth-order valence-electron chi connectivity index (χ4n) is 4.41. The molecule has 6 nitrogen and oxygen atoms in total. The van der Waals surface area contributed by atoms with Crippen LogP contribution < -0.4 is 0 Å². The highest BCUT2D eigenvalue weighted by Gasteiger charge is 2.41. The van der Waals surface area contributed by atoms with Gasteiger partial charge in [0.05, 0.1) is 37.1 Å². The van der Waals surface area contributed by atoms with Crippen LogP contribution in [0.15, 0.2) is 48.7 Å². The summed E-state index contributed by atoms with van der Waals surface area (Å²) in [5.74, 6) is 0.0570. The van der Waals surface area contributed by atoms with E-state index in [0.29, 0.717) is 45.1 Å². The summed E-state index contributed by atoms with van der Waals surface area (Å²) >= 11 is 0. The third-order valence-electron chi connectivity index (χ3n) is 6.26. The second kappa shape index (κ2) is 10.4. The molecule has 3 heterocycles. The van der Waals surface area contributed by atoms with Crippen molar-refractivity contribution in [3.63, 3.8) is 0 Å². The zero-order valence-electron chi connectivity index (χ0n) is 18.3. The normalized spacial score (nSPS) is 20.7. The summed E-state index contributed by atoms with van der Waals surface area (Å²) in [5.41, 5.74) is 2.58. The minimum Gasteiger partial charge on any atom is -0.376 e. The number of hydrogen-bond donors (Lipinski definition) is 0. The van der Waals surface area contributed by atoms with Crippen LogP contribution in [0.1, 0.15) is 47.3 Å². The van der Waals surface area contributed by atoms with Crippen LogP contribution in [0.5, 0.6) is 0 Å². The number of amides is 1. The Morgan fingerprint density at radius 1 is 1.16 bits per heavy atom. The van der Waals surface area contributed by atoms with E-state index in [2.05, 4.69) is 17.1 Å². The first kappa shape index (κ1) is 21.9. The number of pyridine rings is 1. The average molecular weight is 425 g/mol. The molecule has 1 amide bonds. The fraction of sp³-hybridized carbons (Fsp3) is 0.520. The predicted octanol–water partition coefficient (Wildman–Crippen LogP) is 3.78. The molecule has 0 aliphatic carbocycles. The van der Waals surface area contributed by atoms with E-state index in [-0.39, 0.29) is 17.6 Å². The Labute approximate surface area is 184 Å². The second-order valence-electron chi connectivity index (χ2n) is 8.54. The van der Waals surface area contributed by atoms with E-state index in [9.17, 15) is 4.79 Å². The molecule has 1 spiro atoms. The van der Waals surface area contributed by atoms with Gasteiger partial charge >= 0.3 is 0 Å². The van der Waals surface area contributed by atoms with Crippen LogP contribution in [0.3, 0.4) is 0 Å². The molecule has 1 aromatic carbocycles. The van der Waals surface area contributed by atoms with Crippen molar-refractivity contribution in [2.75, 3.05) is 32.9 Å². The highest BCUT2D eigenvalue weighted by atomic mass is 16.5. The van der Waals surface area contributed by atoms with Crippen LogP contribution in [0.25, 0.3) is 0 Å².